The maximum absolute atomic E-state index is 6.65. The summed E-state index contributed by atoms with van der Waals surface area (Å²) < 4.78 is 35.9. The summed E-state index contributed by atoms with van der Waals surface area (Å²) in [5.74, 6) is 0. The monoisotopic (exact) mass is 1100 g/mol. The van der Waals surface area contributed by atoms with E-state index in [1.54, 1.807) is 317 Å². The Labute approximate surface area is 479 Å². The van der Waals surface area contributed by atoms with Crippen LogP contribution in [0, 0.1) is 0 Å². The van der Waals surface area contributed by atoms with Crippen LogP contribution in [0.2, 0.25) is 0 Å². The van der Waals surface area contributed by atoms with Gasteiger partial charge in [-0.25, -0.2) is 0 Å². The molecule has 0 radical (unpaired) electrons. The summed E-state index contributed by atoms with van der Waals surface area (Å²) in [5.41, 5.74) is 13.2. The fourth-order valence-electron chi connectivity index (χ4n) is 28.9. The molecule has 2 aliphatic heterocycles. The first kappa shape index (κ1) is 38.5. The van der Waals surface area contributed by atoms with E-state index in [-0.39, 0.29) is 21.7 Å². The molecule has 4 spiro atoms. The van der Waals surface area contributed by atoms with Crippen LogP contribution in [0.5, 0.6) is 0 Å². The van der Waals surface area contributed by atoms with Gasteiger partial charge in [-0.3, -0.25) is 9.80 Å². The van der Waals surface area contributed by atoms with Gasteiger partial charge in [-0.2, -0.15) is 0 Å². The molecule has 10 aliphatic rings. The van der Waals surface area contributed by atoms with Gasteiger partial charge in [0.15, 0.2) is 0 Å². The van der Waals surface area contributed by atoms with Crippen LogP contribution in [0.4, 0.5) is 0 Å². The van der Waals surface area contributed by atoms with Gasteiger partial charge >= 0.3 is 0 Å². The molecule has 0 amide bonds. The molecule has 8 nitrogen and oxygen atoms in total. The quantitative estimate of drug-likeness (QED) is 0.0622. The van der Waals surface area contributed by atoms with Crippen LogP contribution in [0.15, 0.2) is 0 Å². The highest BCUT2D eigenvalue weighted by molar-refractivity contribution is 6.77. The van der Waals surface area contributed by atoms with Gasteiger partial charge in [0.25, 0.3) is 0 Å². The highest BCUT2D eigenvalue weighted by Gasteiger charge is 2.76. The normalized spacial score (nSPS) is 25.6. The zero-order chi connectivity index (χ0) is 53.0. The third-order valence-electron chi connectivity index (χ3n) is 29.4. The maximum atomic E-state index is 6.65. The van der Waals surface area contributed by atoms with Crippen LogP contribution in [-0.4, -0.2) is 129 Å². The van der Waals surface area contributed by atoms with Gasteiger partial charge < -0.3 is 28.4 Å². The average Bonchev–Trinajstić information content (AvgIpc) is 1.38. The molecule has 2 heterocycles. The van der Waals surface area contributed by atoms with Gasteiger partial charge in [0.2, 0.25) is 0 Å². The predicted octanol–water partition coefficient (Wildman–Crippen LogP) is 14.8. The first-order chi connectivity index (χ1) is 42.8. The molecule has 24 aromatic rings. The second kappa shape index (κ2) is 10.0. The second-order valence-electron chi connectivity index (χ2n) is 30.5. The lowest BCUT2D eigenvalue weighted by atomic mass is 9.50. The van der Waals surface area contributed by atoms with Gasteiger partial charge in [-0.15, -0.1) is 0 Å². The molecule has 86 heavy (non-hydrogen) atoms. The van der Waals surface area contributed by atoms with E-state index in [4.69, 9.17) is 28.4 Å². The molecule has 0 saturated carbocycles. The largest absolute Gasteiger partial charge is 0.382 e. The van der Waals surface area contributed by atoms with Crippen molar-refractivity contribution < 1.29 is 28.4 Å². The molecular weight excluding hydrogens is 1060 g/mol. The number of rotatable bonds is 18. The molecule has 4 atom stereocenters. The van der Waals surface area contributed by atoms with Crippen molar-refractivity contribution in [1.29, 1.82) is 0 Å². The van der Waals surface area contributed by atoms with Gasteiger partial charge in [0.1, 0.15) is 0 Å². The van der Waals surface area contributed by atoms with E-state index in [2.05, 4.69) is 9.80 Å². The van der Waals surface area contributed by atoms with E-state index in [1.165, 1.54) is 0 Å². The van der Waals surface area contributed by atoms with Crippen molar-refractivity contribution in [2.75, 3.05) is 120 Å². The Morgan fingerprint density at radius 1 is 0.198 bits per heavy atom. The van der Waals surface area contributed by atoms with E-state index in [1.807, 2.05) is 0 Å². The van der Waals surface area contributed by atoms with Crippen LogP contribution in [0.1, 0.15) is 44.5 Å². The lowest BCUT2D eigenvalue weighted by molar-refractivity contribution is 0.0204. The molecule has 2 saturated heterocycles. The highest BCUT2D eigenvalue weighted by atomic mass is 16.5. The van der Waals surface area contributed by atoms with Crippen LogP contribution < -0.4 is 0 Å². The van der Waals surface area contributed by atoms with E-state index >= 15 is 0 Å². The molecule has 0 N–H and O–H groups in total. The van der Waals surface area contributed by atoms with Crippen molar-refractivity contribution in [3.05, 3.63) is 44.5 Å². The summed E-state index contributed by atoms with van der Waals surface area (Å²) in [4.78, 5) is 5.94. The van der Waals surface area contributed by atoms with Gasteiger partial charge in [-0.05, 0) is 303 Å². The minimum atomic E-state index is -0.246. The molecule has 8 aliphatic carbocycles. The second-order valence-corrected chi connectivity index (χ2v) is 30.5. The summed E-state index contributed by atoms with van der Waals surface area (Å²) in [5, 5.41) is 80.6. The van der Waals surface area contributed by atoms with E-state index in [0.717, 1.165) is 39.3 Å². The minimum Gasteiger partial charge on any atom is -0.382 e. The summed E-state index contributed by atoms with van der Waals surface area (Å²) in [6, 6.07) is 0. The van der Waals surface area contributed by atoms with Crippen molar-refractivity contribution in [2.24, 2.45) is 0 Å². The third kappa shape index (κ3) is 2.48. The molecule has 24 aromatic carbocycles. The van der Waals surface area contributed by atoms with Crippen LogP contribution in [-0.2, 0) is 50.1 Å². The van der Waals surface area contributed by atoms with Crippen molar-refractivity contribution in [2.45, 2.75) is 21.7 Å². The summed E-state index contributed by atoms with van der Waals surface area (Å²) >= 11 is 0. The number of methoxy groups -OCH3 is 2. The lowest BCUT2D eigenvalue weighted by Gasteiger charge is -2.50. The van der Waals surface area contributed by atoms with Crippen LogP contribution in [0.3, 0.4) is 0 Å². The number of benzene rings is 16. The highest BCUT2D eigenvalue weighted by Crippen LogP contribution is 2.88. The number of hydrogen-bond donors (Lipinski definition) is 0. The fourth-order valence-corrected chi connectivity index (χ4v) is 28.9. The molecule has 8 heteroatoms. The Balaban J connectivity index is 0.858. The van der Waals surface area contributed by atoms with E-state index in [9.17, 15) is 0 Å². The number of ether oxygens (including phenoxy) is 6. The maximum Gasteiger partial charge on any atom is 0.0701 e. The summed E-state index contributed by atoms with van der Waals surface area (Å²) in [6.45, 7) is 12.2. The van der Waals surface area contributed by atoms with Crippen LogP contribution >= 0.6 is 0 Å². The molecule has 0 bridgehead atoms. The molecule has 0 aromatic heterocycles. The Morgan fingerprint density at radius 3 is 0.500 bits per heavy atom. The summed E-state index contributed by atoms with van der Waals surface area (Å²) in [6.07, 6.45) is 0. The SMILES string of the molecule is COCCOCCOCCN1CC23c4c5c6c7c8c9c(c%10c%11c2c2c4c4c%12c%13c%14c%15c%16c%17c%18c%19c%20c%21c%22c(c%13c4c4c2c2c%11c%11c%10c%10c9c9c%13c8c(c6c%15c5%12)c%16c%13c%18c5c%19c6c%21c(c2c%224)c%11c6c%10c59)C%202CN(CCOCCOCCOC)CC%14%172)C73C1. The third-order valence-corrected chi connectivity index (χ3v) is 29.4. The first-order valence-corrected chi connectivity index (χ1v) is 32.5. The standard InChI is InChI=1S/C78H38N2O6/c1-81-7-9-85-13-11-83-5-3-79-15-75-67-51-35-23-21-19-20-22-24-26-31-41-29(22)39(27(19)35)55(67)57(41)69-59-43(31)34-38(26)54-52-36(24)28(20)40-30(21)42-32-25(23)37-33-44(32)60-64-48-45(33)61(71(75)53(37)51)65-49(48)50-47(63(59)73(65)77(69,75)17-79)46(34)62-66(50)74(64)78-18-80(4-6-84-12-14-86-10-8-82-2)16-76(78,72(54)62)68(52)56(40)58(42)70(60)78/h3-18H2,1-2H3. The van der Waals surface area contributed by atoms with Gasteiger partial charge in [0.05, 0.1) is 87.7 Å². The van der Waals surface area contributed by atoms with Crippen molar-refractivity contribution >= 4 is 259 Å². The van der Waals surface area contributed by atoms with Crippen molar-refractivity contribution in [3.63, 3.8) is 0 Å². The lowest BCUT2D eigenvalue weighted by Crippen LogP contribution is -2.51. The number of nitrogens with zero attached hydrogens (tertiary/aromatic N) is 2. The topological polar surface area (TPSA) is 61.9 Å². The minimum absolute atomic E-state index is 0.245. The zero-order valence-corrected chi connectivity index (χ0v) is 46.7. The summed E-state index contributed by atoms with van der Waals surface area (Å²) in [7, 11) is 3.50. The Bertz CT molecular complexity index is 7120. The molecular formula is C78H38N2O6. The molecule has 34 rings (SSSR count). The number of hydrogen-bond acceptors (Lipinski definition) is 8. The van der Waals surface area contributed by atoms with Crippen LogP contribution in [0.25, 0.3) is 259 Å². The van der Waals surface area contributed by atoms with Gasteiger partial charge in [-0.1, -0.05) is 0 Å². The zero-order valence-electron chi connectivity index (χ0n) is 46.7. The van der Waals surface area contributed by atoms with Crippen molar-refractivity contribution in [1.82, 2.24) is 9.80 Å². The average molecular weight is 1100 g/mol. The van der Waals surface area contributed by atoms with E-state index < -0.39 is 0 Å². The van der Waals surface area contributed by atoms with Crippen molar-refractivity contribution in [3.8, 4) is 0 Å². The first-order valence-electron chi connectivity index (χ1n) is 32.5. The Kier molecular flexibility index (Phi) is 4.49. The molecule has 396 valence electrons. The Morgan fingerprint density at radius 2 is 0.337 bits per heavy atom. The fraction of sp³-hybridized carbons (Fsp3) is 0.282. The molecule has 4 unspecified atom stereocenters. The molecule has 2 fully saturated rings. The smallest absolute Gasteiger partial charge is 0.0701 e. The number of likely N-dealkylation sites (tertiary alicyclic amines) is 2. The predicted molar refractivity (Wildman–Crippen MR) is 347 cm³/mol. The van der Waals surface area contributed by atoms with Gasteiger partial charge in [0, 0.05) is 53.5 Å². The van der Waals surface area contributed by atoms with E-state index in [0.29, 0.717) is 66.1 Å². The Hall–Kier alpha value is -7.60.